The molecule has 0 radical (unpaired) electrons. The van der Waals surface area contributed by atoms with Crippen LogP contribution in [0.2, 0.25) is 0 Å². The van der Waals surface area contributed by atoms with Crippen molar-refractivity contribution in [2.24, 2.45) is 0 Å². The molecule has 5 heteroatoms. The van der Waals surface area contributed by atoms with Crippen molar-refractivity contribution >= 4 is 12.2 Å². The lowest BCUT2D eigenvalue weighted by Gasteiger charge is -2.16. The highest BCUT2D eigenvalue weighted by atomic mass is 16.5. The molecule has 0 N–H and O–H groups in total. The first-order valence-corrected chi connectivity index (χ1v) is 8.31. The zero-order chi connectivity index (χ0) is 17.9. The van der Waals surface area contributed by atoms with Gasteiger partial charge >= 0.3 is 5.97 Å². The largest absolute Gasteiger partial charge is 0.623 e. The van der Waals surface area contributed by atoms with Crippen LogP contribution in [0, 0.1) is 5.21 Å². The van der Waals surface area contributed by atoms with Gasteiger partial charge in [-0.05, 0) is 18.1 Å². The molecule has 0 spiro atoms. The lowest BCUT2D eigenvalue weighted by molar-refractivity contribution is -0.486. The molecule has 0 saturated carbocycles. The van der Waals surface area contributed by atoms with Crippen LogP contribution < -0.4 is 0 Å². The van der Waals surface area contributed by atoms with Gasteiger partial charge in [0.05, 0.1) is 13.2 Å². The predicted molar refractivity (Wildman–Crippen MR) is 96.4 cm³/mol. The maximum absolute atomic E-state index is 12.4. The summed E-state index contributed by atoms with van der Waals surface area (Å²) in [7, 11) is 0. The van der Waals surface area contributed by atoms with Crippen molar-refractivity contribution in [3.8, 4) is 0 Å². The van der Waals surface area contributed by atoms with E-state index in [4.69, 9.17) is 9.47 Å². The molecule has 0 aromatic heterocycles. The second kappa shape index (κ2) is 10.3. The fourth-order valence-electron chi connectivity index (χ4n) is 2.36. The topological polar surface area (TPSA) is 61.6 Å². The molecule has 0 aliphatic heterocycles. The van der Waals surface area contributed by atoms with E-state index in [0.29, 0.717) is 17.8 Å². The smallest absolute Gasteiger partial charge is 0.377 e. The summed E-state index contributed by atoms with van der Waals surface area (Å²) in [5.74, 6) is -0.527. The number of hydroxylamine groups is 1. The highest BCUT2D eigenvalue weighted by Gasteiger charge is 2.27. The van der Waals surface area contributed by atoms with Crippen molar-refractivity contribution in [1.82, 2.24) is 0 Å². The molecule has 2 rings (SSSR count). The monoisotopic (exact) mass is 341 g/mol. The third-order valence-corrected chi connectivity index (χ3v) is 3.62. The van der Waals surface area contributed by atoms with Gasteiger partial charge in [0.25, 0.3) is 6.04 Å². The molecule has 1 atom stereocenters. The first-order chi connectivity index (χ1) is 12.2. The van der Waals surface area contributed by atoms with Crippen LogP contribution in [0.3, 0.4) is 0 Å². The van der Waals surface area contributed by atoms with Crippen LogP contribution in [-0.4, -0.2) is 36.2 Å². The maximum atomic E-state index is 12.4. The lowest BCUT2D eigenvalue weighted by Crippen LogP contribution is -2.36. The number of esters is 1. The normalized spacial score (nSPS) is 12.6. The zero-order valence-corrected chi connectivity index (χ0v) is 14.3. The quantitative estimate of drug-likeness (QED) is 0.176. The minimum atomic E-state index is -0.914. The fourth-order valence-corrected chi connectivity index (χ4v) is 2.36. The Morgan fingerprint density at radius 1 is 1.08 bits per heavy atom. The van der Waals surface area contributed by atoms with Crippen molar-refractivity contribution in [1.29, 1.82) is 0 Å². The van der Waals surface area contributed by atoms with Crippen LogP contribution >= 0.6 is 0 Å². The van der Waals surface area contributed by atoms with Gasteiger partial charge in [0.2, 0.25) is 0 Å². The summed E-state index contributed by atoms with van der Waals surface area (Å²) in [5.41, 5.74) is 1.93. The number of carbonyl (C=O) groups is 1. The van der Waals surface area contributed by atoms with Gasteiger partial charge in [0, 0.05) is 6.42 Å². The number of rotatable bonds is 9. The molecule has 0 unspecified atom stereocenters. The first-order valence-electron chi connectivity index (χ1n) is 8.31. The van der Waals surface area contributed by atoms with Crippen molar-refractivity contribution in [2.45, 2.75) is 26.0 Å². The maximum Gasteiger partial charge on any atom is 0.377 e. The van der Waals surface area contributed by atoms with Gasteiger partial charge in [-0.15, -0.1) is 0 Å². The molecule has 0 saturated heterocycles. The van der Waals surface area contributed by atoms with Crippen molar-refractivity contribution in [3.63, 3.8) is 0 Å². The molecule has 132 valence electrons. The molecule has 5 nitrogen and oxygen atoms in total. The molecule has 0 aliphatic rings. The van der Waals surface area contributed by atoms with E-state index in [9.17, 15) is 10.0 Å². The number of hydrogen-bond acceptors (Lipinski definition) is 4. The molecule has 2 aromatic rings. The highest BCUT2D eigenvalue weighted by molar-refractivity contribution is 5.75. The Hall–Kier alpha value is -2.66. The Morgan fingerprint density at radius 3 is 2.28 bits per heavy atom. The van der Waals surface area contributed by atoms with Crippen LogP contribution in [0.5, 0.6) is 0 Å². The lowest BCUT2D eigenvalue weighted by atomic mass is 10.1. The van der Waals surface area contributed by atoms with E-state index in [-0.39, 0.29) is 13.2 Å². The van der Waals surface area contributed by atoms with E-state index >= 15 is 0 Å². The summed E-state index contributed by atoms with van der Waals surface area (Å²) < 4.78 is 11.1. The van der Waals surface area contributed by atoms with E-state index < -0.39 is 12.0 Å². The number of nitrogens with zero attached hydrogens (tertiary/aromatic N) is 1. The number of ether oxygens (including phenoxy) is 2. The molecule has 2 aromatic carbocycles. The Kier molecular flexibility index (Phi) is 7.66. The summed E-state index contributed by atoms with van der Waals surface area (Å²) in [6.07, 6.45) is 1.63. The molecule has 0 aliphatic carbocycles. The van der Waals surface area contributed by atoms with Gasteiger partial charge in [-0.25, -0.2) is 4.79 Å². The number of benzene rings is 2. The molecular formula is C20H23NO4. The van der Waals surface area contributed by atoms with E-state index in [0.717, 1.165) is 11.1 Å². The van der Waals surface area contributed by atoms with E-state index in [1.54, 1.807) is 6.92 Å². The second-order valence-electron chi connectivity index (χ2n) is 5.50. The Bertz CT molecular complexity index is 671. The Morgan fingerprint density at radius 2 is 1.68 bits per heavy atom. The van der Waals surface area contributed by atoms with Crippen molar-refractivity contribution in [2.75, 3.05) is 13.2 Å². The number of hydrogen-bond donors (Lipinski definition) is 0. The summed E-state index contributed by atoms with van der Waals surface area (Å²) in [4.78, 5) is 12.1. The summed E-state index contributed by atoms with van der Waals surface area (Å²) >= 11 is 0. The van der Waals surface area contributed by atoms with Crippen LogP contribution in [-0.2, 0) is 27.3 Å². The molecule has 0 heterocycles. The minimum absolute atomic E-state index is 0.128. The van der Waals surface area contributed by atoms with Crippen molar-refractivity contribution in [3.05, 3.63) is 77.0 Å². The molecule has 0 fully saturated rings. The Labute approximate surface area is 148 Å². The van der Waals surface area contributed by atoms with Crippen molar-refractivity contribution < 1.29 is 19.0 Å². The zero-order valence-electron chi connectivity index (χ0n) is 14.3. The van der Waals surface area contributed by atoms with Gasteiger partial charge < -0.3 is 14.7 Å². The van der Waals surface area contributed by atoms with Gasteiger partial charge in [-0.2, -0.15) is 4.74 Å². The van der Waals surface area contributed by atoms with E-state index in [1.165, 1.54) is 6.21 Å². The van der Waals surface area contributed by atoms with Gasteiger partial charge in [0.1, 0.15) is 6.61 Å². The summed E-state index contributed by atoms with van der Waals surface area (Å²) in [6, 6.07) is 18.2. The standard InChI is InChI=1S/C20H23NO4/c1-2-25-20(22)19(15-17-9-5-3-6-10-17)21(23)13-14-24-16-18-11-7-4-8-12-18/h3-13,19H,2,14-16H2,1H3/b21-13-/t19-/m0/s1. The summed E-state index contributed by atoms with van der Waals surface area (Å²) in [5, 5.41) is 12.4. The van der Waals surface area contributed by atoms with Crippen LogP contribution in [0.4, 0.5) is 0 Å². The van der Waals surface area contributed by atoms with Crippen LogP contribution in [0.25, 0.3) is 0 Å². The van der Waals surface area contributed by atoms with Crippen LogP contribution in [0.15, 0.2) is 60.7 Å². The minimum Gasteiger partial charge on any atom is -0.623 e. The average molecular weight is 341 g/mol. The van der Waals surface area contributed by atoms with Gasteiger partial charge in [-0.1, -0.05) is 60.7 Å². The predicted octanol–water partition coefficient (Wildman–Crippen LogP) is 2.96. The molecule has 0 bridgehead atoms. The first kappa shape index (κ1) is 18.7. The summed E-state index contributed by atoms with van der Waals surface area (Å²) in [6.45, 7) is 2.50. The Balaban J connectivity index is 1.95. The number of carbonyl (C=O) groups excluding carboxylic acids is 1. The van der Waals surface area contributed by atoms with Crippen LogP contribution in [0.1, 0.15) is 18.1 Å². The molecule has 0 amide bonds. The highest BCUT2D eigenvalue weighted by Crippen LogP contribution is 2.07. The average Bonchev–Trinajstić information content (AvgIpc) is 2.65. The van der Waals surface area contributed by atoms with Gasteiger partial charge in [-0.3, -0.25) is 0 Å². The molecule has 25 heavy (non-hydrogen) atoms. The third kappa shape index (κ3) is 6.39. The molecular weight excluding hydrogens is 318 g/mol. The second-order valence-corrected chi connectivity index (χ2v) is 5.50. The van der Waals surface area contributed by atoms with E-state index in [1.807, 2.05) is 60.7 Å². The SMILES string of the molecule is CCOC(=O)[C@H](Cc1ccccc1)/[N+]([O-])=C/COCc1ccccc1. The fraction of sp³-hybridized carbons (Fsp3) is 0.300. The van der Waals surface area contributed by atoms with Gasteiger partial charge in [0.15, 0.2) is 6.21 Å². The third-order valence-electron chi connectivity index (χ3n) is 3.62. The van der Waals surface area contributed by atoms with E-state index in [2.05, 4.69) is 0 Å².